The standard InChI is InChI=1S/C18H21FN4O2/c1-23-10-8-14(9-11-23)21-18(24)22-15-4-7-17(20-12-15)25-16-5-2-13(19)3-6-16/h2-7,12,14H,8-11H2,1H3,(H2,21,22,24). The summed E-state index contributed by atoms with van der Waals surface area (Å²) in [6, 6.07) is 9.01. The van der Waals surface area contributed by atoms with E-state index in [1.54, 1.807) is 12.1 Å². The first-order valence-electron chi connectivity index (χ1n) is 8.24. The summed E-state index contributed by atoms with van der Waals surface area (Å²) in [5, 5.41) is 5.74. The molecule has 0 atom stereocenters. The molecule has 7 heteroatoms. The molecular formula is C18H21FN4O2. The number of anilines is 1. The van der Waals surface area contributed by atoms with Crippen LogP contribution in [0.15, 0.2) is 42.6 Å². The van der Waals surface area contributed by atoms with Crippen LogP contribution in [0.1, 0.15) is 12.8 Å². The van der Waals surface area contributed by atoms with Crippen LogP contribution in [0.25, 0.3) is 0 Å². The van der Waals surface area contributed by atoms with Crippen molar-refractivity contribution in [3.63, 3.8) is 0 Å². The first-order chi connectivity index (χ1) is 12.1. The Hall–Kier alpha value is -2.67. The van der Waals surface area contributed by atoms with Crippen molar-refractivity contribution in [3.05, 3.63) is 48.4 Å². The van der Waals surface area contributed by atoms with Gasteiger partial charge < -0.3 is 20.3 Å². The van der Waals surface area contributed by atoms with Crippen LogP contribution in [0.5, 0.6) is 11.6 Å². The van der Waals surface area contributed by atoms with Crippen molar-refractivity contribution in [2.24, 2.45) is 0 Å². The summed E-state index contributed by atoms with van der Waals surface area (Å²) in [5.74, 6) is 0.540. The fourth-order valence-corrected chi connectivity index (χ4v) is 2.64. The van der Waals surface area contributed by atoms with Gasteiger partial charge in [-0.05, 0) is 63.3 Å². The molecule has 0 bridgehead atoms. The van der Waals surface area contributed by atoms with E-state index in [1.165, 1.54) is 30.5 Å². The molecule has 0 radical (unpaired) electrons. The number of hydrogen-bond acceptors (Lipinski definition) is 4. The van der Waals surface area contributed by atoms with Crippen molar-refractivity contribution >= 4 is 11.7 Å². The molecule has 0 saturated carbocycles. The summed E-state index contributed by atoms with van der Waals surface area (Å²) in [4.78, 5) is 18.4. The summed E-state index contributed by atoms with van der Waals surface area (Å²) in [6.07, 6.45) is 3.42. The van der Waals surface area contributed by atoms with E-state index in [0.717, 1.165) is 25.9 Å². The van der Waals surface area contributed by atoms with Gasteiger partial charge in [0.25, 0.3) is 0 Å². The van der Waals surface area contributed by atoms with E-state index < -0.39 is 0 Å². The molecule has 25 heavy (non-hydrogen) atoms. The number of carbonyl (C=O) groups excluding carboxylic acids is 1. The first-order valence-corrected chi connectivity index (χ1v) is 8.24. The Labute approximate surface area is 146 Å². The lowest BCUT2D eigenvalue weighted by atomic mass is 10.1. The minimum atomic E-state index is -0.324. The first kappa shape index (κ1) is 17.2. The number of piperidine rings is 1. The SMILES string of the molecule is CN1CCC(NC(=O)Nc2ccc(Oc3ccc(F)cc3)nc2)CC1. The minimum Gasteiger partial charge on any atom is -0.439 e. The van der Waals surface area contributed by atoms with Gasteiger partial charge in [-0.25, -0.2) is 14.2 Å². The van der Waals surface area contributed by atoms with E-state index in [2.05, 4.69) is 27.6 Å². The van der Waals surface area contributed by atoms with Crippen LogP contribution in [0, 0.1) is 5.82 Å². The third kappa shape index (κ3) is 5.15. The molecule has 2 amide bonds. The highest BCUT2D eigenvalue weighted by Crippen LogP contribution is 2.20. The molecular weight excluding hydrogens is 323 g/mol. The van der Waals surface area contributed by atoms with Gasteiger partial charge in [0, 0.05) is 12.1 Å². The van der Waals surface area contributed by atoms with E-state index in [1.807, 2.05) is 0 Å². The number of aromatic nitrogens is 1. The molecule has 1 saturated heterocycles. The number of urea groups is 1. The zero-order chi connectivity index (χ0) is 17.6. The zero-order valence-corrected chi connectivity index (χ0v) is 14.0. The Morgan fingerprint density at radius 1 is 1.20 bits per heavy atom. The molecule has 1 fully saturated rings. The molecule has 0 spiro atoms. The smallest absolute Gasteiger partial charge is 0.319 e. The number of nitrogens with one attached hydrogen (secondary N) is 2. The zero-order valence-electron chi connectivity index (χ0n) is 14.0. The van der Waals surface area contributed by atoms with Gasteiger partial charge >= 0.3 is 6.03 Å². The fraction of sp³-hybridized carbons (Fsp3) is 0.333. The van der Waals surface area contributed by atoms with Crippen LogP contribution in [0.2, 0.25) is 0 Å². The van der Waals surface area contributed by atoms with Gasteiger partial charge in [-0.1, -0.05) is 0 Å². The van der Waals surface area contributed by atoms with Crippen LogP contribution in [-0.4, -0.2) is 42.1 Å². The van der Waals surface area contributed by atoms with Crippen LogP contribution in [0.4, 0.5) is 14.9 Å². The third-order valence-corrected chi connectivity index (χ3v) is 4.08. The number of pyridine rings is 1. The number of ether oxygens (including phenoxy) is 1. The van der Waals surface area contributed by atoms with Crippen molar-refractivity contribution in [1.82, 2.24) is 15.2 Å². The van der Waals surface area contributed by atoms with Gasteiger partial charge in [-0.15, -0.1) is 0 Å². The van der Waals surface area contributed by atoms with E-state index in [9.17, 15) is 9.18 Å². The molecule has 0 aliphatic carbocycles. The average Bonchev–Trinajstić information content (AvgIpc) is 2.61. The fourth-order valence-electron chi connectivity index (χ4n) is 2.64. The minimum absolute atomic E-state index is 0.199. The van der Waals surface area contributed by atoms with E-state index >= 15 is 0 Å². The Bertz CT molecular complexity index is 698. The summed E-state index contributed by atoms with van der Waals surface area (Å²) >= 11 is 0. The lowest BCUT2D eigenvalue weighted by molar-refractivity contribution is 0.221. The van der Waals surface area contributed by atoms with Crippen molar-refractivity contribution in [2.75, 3.05) is 25.5 Å². The molecule has 2 N–H and O–H groups in total. The Kier molecular flexibility index (Phi) is 5.45. The second-order valence-corrected chi connectivity index (χ2v) is 6.12. The molecule has 2 aromatic rings. The maximum atomic E-state index is 12.9. The van der Waals surface area contributed by atoms with Gasteiger partial charge in [0.1, 0.15) is 11.6 Å². The Morgan fingerprint density at radius 2 is 1.92 bits per heavy atom. The maximum absolute atomic E-state index is 12.9. The number of benzene rings is 1. The normalized spacial score (nSPS) is 15.6. The lowest BCUT2D eigenvalue weighted by Gasteiger charge is -2.29. The third-order valence-electron chi connectivity index (χ3n) is 4.08. The van der Waals surface area contributed by atoms with Gasteiger partial charge in [0.05, 0.1) is 11.9 Å². The Balaban J connectivity index is 1.50. The van der Waals surface area contributed by atoms with Crippen LogP contribution in [0.3, 0.4) is 0 Å². The van der Waals surface area contributed by atoms with Gasteiger partial charge in [-0.3, -0.25) is 0 Å². The molecule has 2 heterocycles. The number of amides is 2. The predicted molar refractivity (Wildman–Crippen MR) is 93.4 cm³/mol. The largest absolute Gasteiger partial charge is 0.439 e. The number of carbonyl (C=O) groups is 1. The van der Waals surface area contributed by atoms with Gasteiger partial charge in [-0.2, -0.15) is 0 Å². The van der Waals surface area contributed by atoms with Crippen molar-refractivity contribution < 1.29 is 13.9 Å². The van der Waals surface area contributed by atoms with Gasteiger partial charge in [0.15, 0.2) is 0 Å². The molecule has 3 rings (SSSR count). The van der Waals surface area contributed by atoms with Gasteiger partial charge in [0.2, 0.25) is 5.88 Å². The molecule has 1 aromatic heterocycles. The quantitative estimate of drug-likeness (QED) is 0.894. The molecule has 6 nitrogen and oxygen atoms in total. The van der Waals surface area contributed by atoms with Crippen LogP contribution in [-0.2, 0) is 0 Å². The molecule has 1 aromatic carbocycles. The van der Waals surface area contributed by atoms with E-state index in [-0.39, 0.29) is 17.9 Å². The second-order valence-electron chi connectivity index (χ2n) is 6.12. The molecule has 0 unspecified atom stereocenters. The summed E-state index contributed by atoms with van der Waals surface area (Å²) < 4.78 is 18.4. The predicted octanol–water partition coefficient (Wildman–Crippen LogP) is 3.23. The highest BCUT2D eigenvalue weighted by atomic mass is 19.1. The summed E-state index contributed by atoms with van der Waals surface area (Å²) in [7, 11) is 2.08. The summed E-state index contributed by atoms with van der Waals surface area (Å²) in [6.45, 7) is 1.98. The highest BCUT2D eigenvalue weighted by molar-refractivity contribution is 5.89. The van der Waals surface area contributed by atoms with Crippen molar-refractivity contribution in [1.29, 1.82) is 0 Å². The number of likely N-dealkylation sites (tertiary alicyclic amines) is 1. The average molecular weight is 344 g/mol. The Morgan fingerprint density at radius 3 is 2.56 bits per heavy atom. The molecule has 132 valence electrons. The van der Waals surface area contributed by atoms with E-state index in [0.29, 0.717) is 17.3 Å². The molecule has 1 aliphatic rings. The van der Waals surface area contributed by atoms with Crippen molar-refractivity contribution in [3.8, 4) is 11.6 Å². The topological polar surface area (TPSA) is 66.5 Å². The number of halogens is 1. The molecule has 1 aliphatic heterocycles. The monoisotopic (exact) mass is 344 g/mol. The van der Waals surface area contributed by atoms with Crippen LogP contribution < -0.4 is 15.4 Å². The summed E-state index contributed by atoms with van der Waals surface area (Å²) in [5.41, 5.74) is 0.580. The van der Waals surface area contributed by atoms with E-state index in [4.69, 9.17) is 4.74 Å². The number of rotatable bonds is 4. The number of nitrogens with zero attached hydrogens (tertiary/aromatic N) is 2. The highest BCUT2D eigenvalue weighted by Gasteiger charge is 2.18. The maximum Gasteiger partial charge on any atom is 0.319 e. The second kappa shape index (κ2) is 7.94. The lowest BCUT2D eigenvalue weighted by Crippen LogP contribution is -2.44. The van der Waals surface area contributed by atoms with Crippen molar-refractivity contribution in [2.45, 2.75) is 18.9 Å². The van der Waals surface area contributed by atoms with Crippen LogP contribution >= 0.6 is 0 Å². The number of hydrogen-bond donors (Lipinski definition) is 2.